The highest BCUT2D eigenvalue weighted by atomic mass is 16.5. The van der Waals surface area contributed by atoms with E-state index in [0.29, 0.717) is 6.61 Å². The zero-order valence-corrected chi connectivity index (χ0v) is 12.0. The van der Waals surface area contributed by atoms with Gasteiger partial charge in [-0.3, -0.25) is 4.98 Å². The minimum Gasteiger partial charge on any atom is -0.489 e. The third kappa shape index (κ3) is 3.20. The van der Waals surface area contributed by atoms with Gasteiger partial charge in [-0.25, -0.2) is 0 Å². The lowest BCUT2D eigenvalue weighted by atomic mass is 10.1. The molecule has 3 heteroatoms. The minimum atomic E-state index is 0.0482. The van der Waals surface area contributed by atoms with Crippen LogP contribution in [0.3, 0.4) is 0 Å². The number of hydrogen-bond acceptors (Lipinski definition) is 3. The molecule has 0 fully saturated rings. The molecule has 0 saturated carbocycles. The van der Waals surface area contributed by atoms with Crippen molar-refractivity contribution in [1.82, 2.24) is 4.98 Å². The molecule has 0 bridgehead atoms. The number of benzene rings is 2. The lowest BCUT2D eigenvalue weighted by molar-refractivity contribution is 0.306. The topological polar surface area (TPSA) is 48.1 Å². The molecule has 1 heterocycles. The predicted molar refractivity (Wildman–Crippen MR) is 85.1 cm³/mol. The summed E-state index contributed by atoms with van der Waals surface area (Å²) in [5.41, 5.74) is 9.08. The van der Waals surface area contributed by atoms with Crippen molar-refractivity contribution in [3.63, 3.8) is 0 Å². The van der Waals surface area contributed by atoms with Gasteiger partial charge in [0.2, 0.25) is 0 Å². The third-order valence-electron chi connectivity index (χ3n) is 3.48. The van der Waals surface area contributed by atoms with E-state index in [9.17, 15) is 0 Å². The van der Waals surface area contributed by atoms with Crippen LogP contribution in [0.25, 0.3) is 10.9 Å². The van der Waals surface area contributed by atoms with E-state index in [1.807, 2.05) is 49.4 Å². The average Bonchev–Trinajstić information content (AvgIpc) is 2.53. The van der Waals surface area contributed by atoms with Crippen molar-refractivity contribution in [3.05, 3.63) is 71.9 Å². The van der Waals surface area contributed by atoms with Crippen LogP contribution in [0, 0.1) is 0 Å². The van der Waals surface area contributed by atoms with Crippen molar-refractivity contribution in [3.8, 4) is 5.75 Å². The molecule has 0 saturated heterocycles. The highest BCUT2D eigenvalue weighted by Gasteiger charge is 2.01. The standard InChI is InChI=1S/C18H18N2O/c1-13(19)15-5-7-17(8-6-15)21-12-14-4-9-18-16(11-14)3-2-10-20-18/h2-11,13H,12,19H2,1H3. The van der Waals surface area contributed by atoms with Gasteiger partial charge in [0.05, 0.1) is 5.52 Å². The Kier molecular flexibility index (Phi) is 3.84. The first-order chi connectivity index (χ1) is 10.2. The fraction of sp³-hybridized carbons (Fsp3) is 0.167. The summed E-state index contributed by atoms with van der Waals surface area (Å²) in [6.45, 7) is 2.52. The van der Waals surface area contributed by atoms with Crippen LogP contribution in [-0.2, 0) is 6.61 Å². The monoisotopic (exact) mass is 278 g/mol. The van der Waals surface area contributed by atoms with Crippen LogP contribution in [-0.4, -0.2) is 4.98 Å². The van der Waals surface area contributed by atoms with Gasteiger partial charge in [0.1, 0.15) is 12.4 Å². The molecule has 2 aromatic carbocycles. The first kappa shape index (κ1) is 13.6. The Hall–Kier alpha value is -2.39. The zero-order valence-electron chi connectivity index (χ0n) is 12.0. The fourth-order valence-electron chi connectivity index (χ4n) is 2.25. The molecule has 1 atom stereocenters. The molecule has 0 aliphatic heterocycles. The highest BCUT2D eigenvalue weighted by Crippen LogP contribution is 2.19. The van der Waals surface area contributed by atoms with Crippen molar-refractivity contribution in [1.29, 1.82) is 0 Å². The van der Waals surface area contributed by atoms with E-state index in [0.717, 1.165) is 27.8 Å². The molecule has 0 radical (unpaired) electrons. The first-order valence-electron chi connectivity index (χ1n) is 7.04. The van der Waals surface area contributed by atoms with Gasteiger partial charge < -0.3 is 10.5 Å². The summed E-state index contributed by atoms with van der Waals surface area (Å²) in [5.74, 6) is 0.852. The Balaban J connectivity index is 1.71. The molecule has 3 rings (SSSR count). The van der Waals surface area contributed by atoms with Crippen molar-refractivity contribution < 1.29 is 4.74 Å². The van der Waals surface area contributed by atoms with Crippen molar-refractivity contribution in [2.24, 2.45) is 5.73 Å². The maximum Gasteiger partial charge on any atom is 0.119 e. The van der Waals surface area contributed by atoms with Crippen molar-refractivity contribution in [2.75, 3.05) is 0 Å². The van der Waals surface area contributed by atoms with Gasteiger partial charge in [-0.05, 0) is 48.4 Å². The number of aromatic nitrogens is 1. The Morgan fingerprint density at radius 2 is 1.90 bits per heavy atom. The average molecular weight is 278 g/mol. The molecule has 106 valence electrons. The van der Waals surface area contributed by atoms with E-state index >= 15 is 0 Å². The maximum absolute atomic E-state index is 5.83. The zero-order chi connectivity index (χ0) is 14.7. The molecule has 0 aliphatic carbocycles. The van der Waals surface area contributed by atoms with Crippen LogP contribution in [0.5, 0.6) is 5.75 Å². The summed E-state index contributed by atoms with van der Waals surface area (Å²) in [5, 5.41) is 1.13. The van der Waals surface area contributed by atoms with E-state index in [1.54, 1.807) is 6.20 Å². The molecule has 0 spiro atoms. The first-order valence-corrected chi connectivity index (χ1v) is 7.04. The number of nitrogens with two attached hydrogens (primary N) is 1. The smallest absolute Gasteiger partial charge is 0.119 e. The molecule has 21 heavy (non-hydrogen) atoms. The molecule has 3 nitrogen and oxygen atoms in total. The number of rotatable bonds is 4. The molecule has 0 amide bonds. The van der Waals surface area contributed by atoms with Crippen LogP contribution in [0.1, 0.15) is 24.1 Å². The van der Waals surface area contributed by atoms with Gasteiger partial charge >= 0.3 is 0 Å². The second-order valence-corrected chi connectivity index (χ2v) is 5.18. The van der Waals surface area contributed by atoms with E-state index in [4.69, 9.17) is 10.5 Å². The summed E-state index contributed by atoms with van der Waals surface area (Å²) in [4.78, 5) is 4.31. The van der Waals surface area contributed by atoms with E-state index in [2.05, 4.69) is 17.1 Å². The van der Waals surface area contributed by atoms with Crippen LogP contribution >= 0.6 is 0 Å². The number of hydrogen-bond donors (Lipinski definition) is 1. The quantitative estimate of drug-likeness (QED) is 0.789. The van der Waals surface area contributed by atoms with Crippen LogP contribution in [0.15, 0.2) is 60.8 Å². The lowest BCUT2D eigenvalue weighted by Gasteiger charge is -2.09. The molecule has 3 aromatic rings. The second-order valence-electron chi connectivity index (χ2n) is 5.18. The molecular formula is C18H18N2O. The number of pyridine rings is 1. The lowest BCUT2D eigenvalue weighted by Crippen LogP contribution is -2.04. The van der Waals surface area contributed by atoms with Gasteiger partial charge in [-0.2, -0.15) is 0 Å². The predicted octanol–water partition coefficient (Wildman–Crippen LogP) is 3.83. The van der Waals surface area contributed by atoms with Gasteiger partial charge in [0, 0.05) is 17.6 Å². The van der Waals surface area contributed by atoms with Gasteiger partial charge in [-0.15, -0.1) is 0 Å². The third-order valence-corrected chi connectivity index (χ3v) is 3.48. The van der Waals surface area contributed by atoms with E-state index in [-0.39, 0.29) is 6.04 Å². The Bertz CT molecular complexity index is 736. The largest absolute Gasteiger partial charge is 0.489 e. The molecule has 2 N–H and O–H groups in total. The summed E-state index contributed by atoms with van der Waals surface area (Å²) in [6, 6.07) is 18.2. The molecule has 0 aliphatic rings. The van der Waals surface area contributed by atoms with E-state index < -0.39 is 0 Å². The van der Waals surface area contributed by atoms with Crippen molar-refractivity contribution >= 4 is 10.9 Å². The molecule has 1 unspecified atom stereocenters. The summed E-state index contributed by atoms with van der Waals surface area (Å²) in [7, 11) is 0. The van der Waals surface area contributed by atoms with Gasteiger partial charge in [0.15, 0.2) is 0 Å². The van der Waals surface area contributed by atoms with Crippen LogP contribution < -0.4 is 10.5 Å². The van der Waals surface area contributed by atoms with Crippen molar-refractivity contribution in [2.45, 2.75) is 19.6 Å². The Morgan fingerprint density at radius 3 is 2.67 bits per heavy atom. The SMILES string of the molecule is CC(N)c1ccc(OCc2ccc3ncccc3c2)cc1. The summed E-state index contributed by atoms with van der Waals surface area (Å²) < 4.78 is 5.81. The number of ether oxygens (including phenoxy) is 1. The highest BCUT2D eigenvalue weighted by molar-refractivity contribution is 5.78. The summed E-state index contributed by atoms with van der Waals surface area (Å²) in [6.07, 6.45) is 1.80. The summed E-state index contributed by atoms with van der Waals surface area (Å²) >= 11 is 0. The maximum atomic E-state index is 5.83. The molecule has 1 aromatic heterocycles. The van der Waals surface area contributed by atoms with Gasteiger partial charge in [-0.1, -0.05) is 24.3 Å². The number of fused-ring (bicyclic) bond motifs is 1. The normalized spacial score (nSPS) is 12.3. The Labute approximate surface area is 124 Å². The Morgan fingerprint density at radius 1 is 1.10 bits per heavy atom. The minimum absolute atomic E-state index is 0.0482. The van der Waals surface area contributed by atoms with Gasteiger partial charge in [0.25, 0.3) is 0 Å². The van der Waals surface area contributed by atoms with Crippen LogP contribution in [0.4, 0.5) is 0 Å². The number of nitrogens with zero attached hydrogens (tertiary/aromatic N) is 1. The fourth-order valence-corrected chi connectivity index (χ4v) is 2.25. The second kappa shape index (κ2) is 5.94. The van der Waals surface area contributed by atoms with E-state index in [1.165, 1.54) is 0 Å². The van der Waals surface area contributed by atoms with Crippen LogP contribution in [0.2, 0.25) is 0 Å². The molecular weight excluding hydrogens is 260 g/mol.